The van der Waals surface area contributed by atoms with Crippen LogP contribution in [-0.4, -0.2) is 22.6 Å². The Balaban J connectivity index is 1.97. The summed E-state index contributed by atoms with van der Waals surface area (Å²) < 4.78 is 0. The van der Waals surface area contributed by atoms with Crippen molar-refractivity contribution in [1.82, 2.24) is 4.90 Å². The Kier molecular flexibility index (Phi) is 3.33. The van der Waals surface area contributed by atoms with Crippen molar-refractivity contribution in [3.05, 3.63) is 47.0 Å². The van der Waals surface area contributed by atoms with Crippen LogP contribution in [0.4, 0.5) is 0 Å². The molecule has 0 aromatic heterocycles. The van der Waals surface area contributed by atoms with Crippen LogP contribution in [0.1, 0.15) is 32.6 Å². The van der Waals surface area contributed by atoms with E-state index >= 15 is 0 Å². The number of allylic oxidation sites excluding steroid dienone is 1. The molecule has 1 heterocycles. The molecule has 0 spiro atoms. The van der Waals surface area contributed by atoms with E-state index in [4.69, 9.17) is 0 Å². The van der Waals surface area contributed by atoms with Crippen molar-refractivity contribution < 1.29 is 5.11 Å². The molecule has 3 rings (SSSR count). The molecule has 0 fully saturated rings. The highest BCUT2D eigenvalue weighted by Crippen LogP contribution is 2.26. The molecule has 1 aliphatic carbocycles. The highest BCUT2D eigenvalue weighted by atomic mass is 16.3. The smallest absolute Gasteiger partial charge is 0.123 e. The van der Waals surface area contributed by atoms with Crippen molar-refractivity contribution in [2.75, 3.05) is 6.54 Å². The van der Waals surface area contributed by atoms with Crippen molar-refractivity contribution in [1.29, 1.82) is 0 Å². The van der Waals surface area contributed by atoms with Crippen LogP contribution in [0.2, 0.25) is 0 Å². The van der Waals surface area contributed by atoms with Crippen molar-refractivity contribution >= 4 is 11.3 Å². The molecule has 2 aliphatic rings. The highest BCUT2D eigenvalue weighted by Gasteiger charge is 2.27. The van der Waals surface area contributed by atoms with Gasteiger partial charge in [-0.05, 0) is 23.3 Å². The third-order valence-electron chi connectivity index (χ3n) is 4.17. The molecule has 1 aromatic rings. The second-order valence-electron chi connectivity index (χ2n) is 5.44. The zero-order valence-corrected chi connectivity index (χ0v) is 11.5. The topological polar surface area (TPSA) is 23.5 Å². The number of hydrogen-bond acceptors (Lipinski definition) is 2. The molecule has 2 nitrogen and oxygen atoms in total. The van der Waals surface area contributed by atoms with Crippen LogP contribution < -0.4 is 10.4 Å². The van der Waals surface area contributed by atoms with Crippen molar-refractivity contribution in [3.8, 4) is 0 Å². The van der Waals surface area contributed by atoms with Crippen molar-refractivity contribution in [3.63, 3.8) is 0 Å². The molecule has 1 aliphatic heterocycles. The average molecular weight is 255 g/mol. The van der Waals surface area contributed by atoms with Crippen LogP contribution in [-0.2, 0) is 0 Å². The Morgan fingerprint density at radius 3 is 2.79 bits per heavy atom. The quantitative estimate of drug-likeness (QED) is 0.835. The van der Waals surface area contributed by atoms with Gasteiger partial charge in [0.15, 0.2) is 0 Å². The molecule has 0 saturated heterocycles. The van der Waals surface area contributed by atoms with E-state index in [1.807, 2.05) is 18.2 Å². The molecular formula is C17H21NO. The van der Waals surface area contributed by atoms with E-state index in [0.29, 0.717) is 5.76 Å². The number of benzene rings is 1. The number of rotatable bonds is 4. The van der Waals surface area contributed by atoms with Gasteiger partial charge in [-0.3, -0.25) is 0 Å². The summed E-state index contributed by atoms with van der Waals surface area (Å²) in [6.07, 6.45) is 9.00. The summed E-state index contributed by atoms with van der Waals surface area (Å²) in [5.74, 6) is 0.542. The number of unbranched alkanes of at least 4 members (excludes halogenated alkanes) is 2. The first kappa shape index (κ1) is 12.3. The summed E-state index contributed by atoms with van der Waals surface area (Å²) in [5.41, 5.74) is 1.35. The van der Waals surface area contributed by atoms with Gasteiger partial charge >= 0.3 is 0 Å². The van der Waals surface area contributed by atoms with Crippen LogP contribution in [0, 0.1) is 0 Å². The van der Waals surface area contributed by atoms with Crippen molar-refractivity contribution in [2.24, 2.45) is 0 Å². The predicted octanol–water partition coefficient (Wildman–Crippen LogP) is 2.30. The minimum Gasteiger partial charge on any atom is -0.509 e. The van der Waals surface area contributed by atoms with Crippen molar-refractivity contribution in [2.45, 2.75) is 38.6 Å². The number of fused-ring (bicyclic) bond motifs is 3. The molecule has 19 heavy (non-hydrogen) atoms. The van der Waals surface area contributed by atoms with Gasteiger partial charge in [-0.2, -0.15) is 0 Å². The molecule has 1 unspecified atom stereocenters. The van der Waals surface area contributed by atoms with E-state index in [0.717, 1.165) is 18.2 Å². The first-order chi connectivity index (χ1) is 9.31. The zero-order valence-electron chi connectivity index (χ0n) is 11.5. The minimum absolute atomic E-state index is 0.145. The molecule has 2 heteroatoms. The van der Waals surface area contributed by atoms with Crippen LogP contribution in [0.25, 0.3) is 11.3 Å². The predicted molar refractivity (Wildman–Crippen MR) is 78.9 cm³/mol. The van der Waals surface area contributed by atoms with Crippen LogP contribution >= 0.6 is 0 Å². The Morgan fingerprint density at radius 2 is 2.00 bits per heavy atom. The Bertz CT molecular complexity index is 614. The lowest BCUT2D eigenvalue weighted by Gasteiger charge is -2.36. The molecule has 1 aromatic carbocycles. The molecule has 0 saturated carbocycles. The average Bonchev–Trinajstić information content (AvgIpc) is 2.46. The molecule has 2 bridgehead atoms. The minimum atomic E-state index is 0.145. The molecule has 0 amide bonds. The second kappa shape index (κ2) is 5.12. The first-order valence-electron chi connectivity index (χ1n) is 7.26. The lowest BCUT2D eigenvalue weighted by Crippen LogP contribution is -2.45. The van der Waals surface area contributed by atoms with E-state index in [2.05, 4.69) is 30.2 Å². The third kappa shape index (κ3) is 2.16. The van der Waals surface area contributed by atoms with Gasteiger partial charge in [-0.1, -0.05) is 44.0 Å². The van der Waals surface area contributed by atoms with Gasteiger partial charge in [0.25, 0.3) is 0 Å². The van der Waals surface area contributed by atoms with Crippen LogP contribution in [0.15, 0.2) is 36.5 Å². The second-order valence-corrected chi connectivity index (χ2v) is 5.44. The van der Waals surface area contributed by atoms with Gasteiger partial charge in [0.1, 0.15) is 5.76 Å². The number of aliphatic hydroxyl groups excluding tert-OH is 1. The summed E-state index contributed by atoms with van der Waals surface area (Å²) in [6, 6.07) is 8.32. The number of nitrogens with zero attached hydrogens (tertiary/aromatic N) is 1. The fraction of sp³-hybridized carbons (Fsp3) is 0.412. The molecule has 0 radical (unpaired) electrons. The highest BCUT2D eigenvalue weighted by molar-refractivity contribution is 5.66. The van der Waals surface area contributed by atoms with E-state index in [1.54, 1.807) is 0 Å². The van der Waals surface area contributed by atoms with Gasteiger partial charge in [-0.15, -0.1) is 0 Å². The largest absolute Gasteiger partial charge is 0.509 e. The molecule has 1 N–H and O–H groups in total. The lowest BCUT2D eigenvalue weighted by atomic mass is 9.91. The van der Waals surface area contributed by atoms with E-state index in [1.165, 1.54) is 30.1 Å². The lowest BCUT2D eigenvalue weighted by molar-refractivity contribution is 0.271. The fourth-order valence-electron chi connectivity index (χ4n) is 3.08. The summed E-state index contributed by atoms with van der Waals surface area (Å²) in [7, 11) is 0. The Morgan fingerprint density at radius 1 is 1.21 bits per heavy atom. The normalized spacial score (nSPS) is 20.7. The molecule has 1 atom stereocenters. The fourth-order valence-corrected chi connectivity index (χ4v) is 3.08. The van der Waals surface area contributed by atoms with Crippen LogP contribution in [0.5, 0.6) is 0 Å². The van der Waals surface area contributed by atoms with Gasteiger partial charge in [-0.25, -0.2) is 0 Å². The maximum absolute atomic E-state index is 10.5. The van der Waals surface area contributed by atoms with Gasteiger partial charge < -0.3 is 10.0 Å². The summed E-state index contributed by atoms with van der Waals surface area (Å²) in [6.45, 7) is 3.26. The summed E-state index contributed by atoms with van der Waals surface area (Å²) in [4.78, 5) is 2.30. The SMILES string of the molecule is CCCCCN1C=CC2=c3ccccc3=C(O)C1C2. The summed E-state index contributed by atoms with van der Waals surface area (Å²) >= 11 is 0. The number of aliphatic hydroxyl groups is 1. The Hall–Kier alpha value is -1.70. The maximum Gasteiger partial charge on any atom is 0.123 e. The maximum atomic E-state index is 10.5. The molecular weight excluding hydrogens is 234 g/mol. The first-order valence-corrected chi connectivity index (χ1v) is 7.26. The standard InChI is InChI=1S/C17H21NO/c1-2-3-6-10-18-11-9-13-12-16(18)17(19)15-8-5-4-7-14(13)15/h4-5,7-9,11,16,19H,2-3,6,10,12H2,1H3. The monoisotopic (exact) mass is 255 g/mol. The van der Waals surface area contributed by atoms with Crippen LogP contribution in [0.3, 0.4) is 0 Å². The van der Waals surface area contributed by atoms with E-state index < -0.39 is 0 Å². The van der Waals surface area contributed by atoms with E-state index in [9.17, 15) is 5.11 Å². The van der Waals surface area contributed by atoms with Gasteiger partial charge in [0.05, 0.1) is 6.04 Å². The third-order valence-corrected chi connectivity index (χ3v) is 4.17. The summed E-state index contributed by atoms with van der Waals surface area (Å²) in [5, 5.41) is 12.7. The van der Waals surface area contributed by atoms with Gasteiger partial charge in [0, 0.05) is 24.4 Å². The van der Waals surface area contributed by atoms with Gasteiger partial charge in [0.2, 0.25) is 0 Å². The molecule has 100 valence electrons. The number of hydrogen-bond donors (Lipinski definition) is 1. The Labute approximate surface area is 114 Å². The van der Waals surface area contributed by atoms with E-state index in [-0.39, 0.29) is 6.04 Å². The zero-order chi connectivity index (χ0) is 13.2.